The van der Waals surface area contributed by atoms with E-state index in [4.69, 9.17) is 22.9 Å². The first-order valence-electron chi connectivity index (χ1n) is 14.5. The Hall–Kier alpha value is -4.89. The van der Waals surface area contributed by atoms with Crippen LogP contribution in [-0.4, -0.2) is 50.1 Å². The van der Waals surface area contributed by atoms with Crippen molar-refractivity contribution in [3.63, 3.8) is 0 Å². The number of urea groups is 2. The summed E-state index contributed by atoms with van der Waals surface area (Å²) in [5.41, 5.74) is 20.1. The molecule has 6 amide bonds. The molecular weight excluding hydrogens is 643 g/mol. The normalized spacial score (nSPS) is 14.9. The molecule has 1 radical (unpaired) electrons. The molecule has 47 heavy (non-hydrogen) atoms. The van der Waals surface area contributed by atoms with Gasteiger partial charge in [-0.2, -0.15) is 0 Å². The zero-order chi connectivity index (χ0) is 33.4. The predicted octanol–water partition coefficient (Wildman–Crippen LogP) is 2.91. The van der Waals surface area contributed by atoms with Crippen molar-refractivity contribution < 1.29 is 36.0 Å². The molecule has 2 fully saturated rings. The first kappa shape index (κ1) is 38.3. The standard InChI is InChI=1S/2C15H12N2O2.2C2H8N2.Co/c2*18-13-15(17-14(19)16-13,11-7-3-1-4-8-11)12-9-5-2-6-10-12;2*3-1-2-4;/h2*1-10H,(H2,16,17,18,19);2*1-4H2;/q;;;;+2/p-2. The number of rotatable bonds is 6. The van der Waals surface area contributed by atoms with Gasteiger partial charge in [0.25, 0.3) is 0 Å². The molecule has 6 rings (SSSR count). The van der Waals surface area contributed by atoms with Gasteiger partial charge in [0, 0.05) is 26.2 Å². The van der Waals surface area contributed by atoms with Crippen LogP contribution in [0.25, 0.3) is 10.6 Å². The van der Waals surface area contributed by atoms with E-state index >= 15 is 0 Å². The van der Waals surface area contributed by atoms with E-state index in [-0.39, 0.29) is 16.8 Å². The van der Waals surface area contributed by atoms with Gasteiger partial charge in [0.15, 0.2) is 23.9 Å². The topological polar surface area (TPSA) is 225 Å². The van der Waals surface area contributed by atoms with Crippen molar-refractivity contribution >= 4 is 23.9 Å². The molecule has 4 aromatic rings. The number of nitrogens with zero attached hydrogens (tertiary/aromatic N) is 2. The second-order valence-corrected chi connectivity index (χ2v) is 9.81. The van der Waals surface area contributed by atoms with Gasteiger partial charge in [-0.25, -0.2) is 0 Å². The zero-order valence-corrected chi connectivity index (χ0v) is 26.6. The van der Waals surface area contributed by atoms with Gasteiger partial charge in [0.05, 0.1) is 11.1 Å². The van der Waals surface area contributed by atoms with Crippen LogP contribution in [0.1, 0.15) is 22.3 Å². The minimum absolute atomic E-state index is 0. The third-order valence-corrected chi connectivity index (χ3v) is 6.80. The van der Waals surface area contributed by atoms with Gasteiger partial charge in [-0.05, 0) is 22.3 Å². The van der Waals surface area contributed by atoms with Gasteiger partial charge in [-0.3, -0.25) is 19.2 Å². The maximum Gasteiger partial charge on any atom is 2.00 e. The zero-order valence-electron chi connectivity index (χ0n) is 25.5. The van der Waals surface area contributed by atoms with Crippen molar-refractivity contribution in [2.24, 2.45) is 22.9 Å². The molecule has 2 saturated heterocycles. The van der Waals surface area contributed by atoms with Crippen molar-refractivity contribution in [2.45, 2.75) is 11.1 Å². The van der Waals surface area contributed by atoms with E-state index in [1.165, 1.54) is 0 Å². The van der Waals surface area contributed by atoms with Crippen LogP contribution in [0.5, 0.6) is 0 Å². The fourth-order valence-corrected chi connectivity index (χ4v) is 4.70. The molecule has 0 aliphatic carbocycles. The monoisotopic (exact) mass is 681 g/mol. The molecular formula is C34H38CoN8O4. The maximum atomic E-state index is 12.3. The molecule has 2 aliphatic rings. The van der Waals surface area contributed by atoms with Gasteiger partial charge >= 0.3 is 16.8 Å². The van der Waals surface area contributed by atoms with Gasteiger partial charge in [0.2, 0.25) is 0 Å². The summed E-state index contributed by atoms with van der Waals surface area (Å²) in [5.74, 6) is -0.954. The molecule has 0 spiro atoms. The Kier molecular flexibility index (Phi) is 15.4. The van der Waals surface area contributed by atoms with E-state index in [1.807, 2.05) is 121 Å². The molecule has 0 atom stereocenters. The molecule has 12 nitrogen and oxygen atoms in total. The molecule has 13 heteroatoms. The van der Waals surface area contributed by atoms with Gasteiger partial charge in [-0.15, -0.1) is 0 Å². The van der Waals surface area contributed by atoms with Crippen molar-refractivity contribution in [1.29, 1.82) is 0 Å². The van der Waals surface area contributed by atoms with Crippen molar-refractivity contribution in [3.05, 3.63) is 154 Å². The van der Waals surface area contributed by atoms with Crippen LogP contribution < -0.4 is 33.6 Å². The predicted molar refractivity (Wildman–Crippen MR) is 177 cm³/mol. The minimum atomic E-state index is -1.19. The number of hydrogen-bond donors (Lipinski definition) is 6. The van der Waals surface area contributed by atoms with E-state index in [0.717, 1.165) is 0 Å². The number of nitrogens with one attached hydrogen (secondary N) is 2. The van der Waals surface area contributed by atoms with Crippen LogP contribution in [0.15, 0.2) is 121 Å². The number of nitrogens with two attached hydrogens (primary N) is 4. The summed E-state index contributed by atoms with van der Waals surface area (Å²) < 4.78 is 0. The Labute approximate surface area is 284 Å². The van der Waals surface area contributed by atoms with E-state index in [2.05, 4.69) is 21.3 Å². The number of carbonyl (C=O) groups is 4. The van der Waals surface area contributed by atoms with Crippen LogP contribution in [0.3, 0.4) is 0 Å². The van der Waals surface area contributed by atoms with Crippen LogP contribution in [0, 0.1) is 0 Å². The Balaban J connectivity index is 0.000000262. The summed E-state index contributed by atoms with van der Waals surface area (Å²) in [6.45, 7) is 2.39. The average molecular weight is 682 g/mol. The Morgan fingerprint density at radius 2 is 0.638 bits per heavy atom. The van der Waals surface area contributed by atoms with Gasteiger partial charge < -0.3 is 44.2 Å². The van der Waals surface area contributed by atoms with Crippen molar-refractivity contribution in [1.82, 2.24) is 10.6 Å². The Morgan fingerprint density at radius 1 is 0.426 bits per heavy atom. The van der Waals surface area contributed by atoms with E-state index in [0.29, 0.717) is 48.4 Å². The van der Waals surface area contributed by atoms with E-state index in [1.54, 1.807) is 0 Å². The molecule has 0 saturated carbocycles. The minimum Gasteiger partial charge on any atom is -0.430 e. The second kappa shape index (κ2) is 18.9. The smallest absolute Gasteiger partial charge is 0.430 e. The first-order valence-corrected chi connectivity index (χ1v) is 14.5. The molecule has 247 valence electrons. The molecule has 0 unspecified atom stereocenters. The number of amides is 6. The number of carbonyl (C=O) groups excluding carboxylic acids is 4. The SMILES string of the molecule is NCCN.NCCN.O=C1[N-]C(=O)C(c2ccccc2)(c2ccccc2)N1.O=C1[N-]C(=O)C(c2ccccc2)(c2ccccc2)N1.[Co+2]. The Morgan fingerprint density at radius 3 is 0.787 bits per heavy atom. The quantitative estimate of drug-likeness (QED) is 0.166. The summed E-state index contributed by atoms with van der Waals surface area (Å²) in [6.07, 6.45) is 0. The summed E-state index contributed by atoms with van der Waals surface area (Å²) in [6, 6.07) is 35.4. The second-order valence-electron chi connectivity index (χ2n) is 9.81. The molecule has 0 aromatic heterocycles. The maximum absolute atomic E-state index is 12.3. The van der Waals surface area contributed by atoms with Crippen LogP contribution in [0.4, 0.5) is 9.59 Å². The fourth-order valence-electron chi connectivity index (χ4n) is 4.70. The average Bonchev–Trinajstić information content (AvgIpc) is 3.60. The third kappa shape index (κ3) is 9.10. The molecule has 4 aromatic carbocycles. The number of imide groups is 2. The van der Waals surface area contributed by atoms with Crippen molar-refractivity contribution in [2.75, 3.05) is 26.2 Å². The summed E-state index contributed by atoms with van der Waals surface area (Å²) >= 11 is 0. The molecule has 2 aliphatic heterocycles. The van der Waals surface area contributed by atoms with E-state index < -0.39 is 35.0 Å². The number of benzene rings is 4. The van der Waals surface area contributed by atoms with Crippen LogP contribution >= 0.6 is 0 Å². The fraction of sp³-hybridized carbons (Fsp3) is 0.176. The number of hydrogen-bond acceptors (Lipinski definition) is 8. The molecule has 2 heterocycles. The Bertz CT molecular complexity index is 1360. The van der Waals surface area contributed by atoms with Crippen molar-refractivity contribution in [3.8, 4) is 0 Å². The summed E-state index contributed by atoms with van der Waals surface area (Å²) in [7, 11) is 0. The first-order chi connectivity index (χ1) is 22.3. The molecule has 10 N–H and O–H groups in total. The van der Waals surface area contributed by atoms with Crippen LogP contribution in [0.2, 0.25) is 0 Å². The van der Waals surface area contributed by atoms with Crippen LogP contribution in [-0.2, 0) is 37.4 Å². The van der Waals surface area contributed by atoms with E-state index in [9.17, 15) is 19.2 Å². The summed E-state index contributed by atoms with van der Waals surface area (Å²) in [5, 5.41) is 12.4. The largest absolute Gasteiger partial charge is 2.00 e. The summed E-state index contributed by atoms with van der Waals surface area (Å²) in [4.78, 5) is 47.5. The third-order valence-electron chi connectivity index (χ3n) is 6.80. The van der Waals surface area contributed by atoms with Gasteiger partial charge in [-0.1, -0.05) is 121 Å². The molecule has 0 bridgehead atoms. The van der Waals surface area contributed by atoms with Gasteiger partial charge in [0.1, 0.15) is 0 Å².